The fraction of sp³-hybridized carbons (Fsp3) is 0.467. The number of amides is 2. The second-order valence-corrected chi connectivity index (χ2v) is 6.00. The molecule has 1 aliphatic rings. The molecular weight excluding hydrogens is 311 g/mol. The van der Waals surface area contributed by atoms with Crippen LogP contribution in [0, 0.1) is 0 Å². The Kier molecular flexibility index (Phi) is 5.48. The van der Waals surface area contributed by atoms with Gasteiger partial charge in [0.25, 0.3) is 0 Å². The molecule has 1 aliphatic heterocycles. The van der Waals surface area contributed by atoms with Crippen molar-refractivity contribution in [1.29, 1.82) is 0 Å². The summed E-state index contributed by atoms with van der Waals surface area (Å²) in [5.41, 5.74) is 0.920. The van der Waals surface area contributed by atoms with Gasteiger partial charge in [-0.1, -0.05) is 42.6 Å². The molecule has 1 aromatic rings. The molecule has 4 nitrogen and oxygen atoms in total. The molecule has 2 rings (SSSR count). The predicted molar refractivity (Wildman–Crippen MR) is 83.4 cm³/mol. The first-order valence-electron chi connectivity index (χ1n) is 7.06. The smallest absolute Gasteiger partial charge is 0.243 e. The SMILES string of the molecule is CCC[C@@H](NC(=O)[C@@H]1CCC(=O)N1)c1ccc(Cl)c(Cl)c1. The largest absolute Gasteiger partial charge is 0.348 e. The Morgan fingerprint density at radius 2 is 2.19 bits per heavy atom. The van der Waals surface area contributed by atoms with Gasteiger partial charge in [-0.05, 0) is 30.5 Å². The Morgan fingerprint density at radius 1 is 1.43 bits per heavy atom. The molecule has 0 aliphatic carbocycles. The Morgan fingerprint density at radius 3 is 2.76 bits per heavy atom. The molecule has 2 amide bonds. The van der Waals surface area contributed by atoms with Crippen LogP contribution in [0.4, 0.5) is 0 Å². The number of carbonyl (C=O) groups is 2. The van der Waals surface area contributed by atoms with Crippen LogP contribution in [-0.2, 0) is 9.59 Å². The number of benzene rings is 1. The maximum absolute atomic E-state index is 12.2. The zero-order valence-electron chi connectivity index (χ0n) is 11.8. The van der Waals surface area contributed by atoms with Crippen LogP contribution in [0.2, 0.25) is 10.0 Å². The molecular formula is C15H18Cl2N2O2. The molecule has 2 atom stereocenters. The summed E-state index contributed by atoms with van der Waals surface area (Å²) in [5, 5.41) is 6.62. The fourth-order valence-electron chi connectivity index (χ4n) is 2.42. The van der Waals surface area contributed by atoms with Crippen LogP contribution in [0.5, 0.6) is 0 Å². The van der Waals surface area contributed by atoms with Crippen LogP contribution in [-0.4, -0.2) is 17.9 Å². The van der Waals surface area contributed by atoms with Gasteiger partial charge < -0.3 is 10.6 Å². The van der Waals surface area contributed by atoms with Gasteiger partial charge in [-0.15, -0.1) is 0 Å². The molecule has 0 unspecified atom stereocenters. The highest BCUT2D eigenvalue weighted by Crippen LogP contribution is 2.27. The van der Waals surface area contributed by atoms with E-state index in [-0.39, 0.29) is 17.9 Å². The Hall–Kier alpha value is -1.26. The topological polar surface area (TPSA) is 58.2 Å². The van der Waals surface area contributed by atoms with Gasteiger partial charge in [-0.25, -0.2) is 0 Å². The summed E-state index contributed by atoms with van der Waals surface area (Å²) in [6, 6.07) is 4.81. The minimum atomic E-state index is -0.431. The number of hydrogen-bond donors (Lipinski definition) is 2. The minimum absolute atomic E-state index is 0.0725. The summed E-state index contributed by atoms with van der Waals surface area (Å²) in [6.45, 7) is 2.05. The Labute approximate surface area is 134 Å². The third kappa shape index (κ3) is 4.11. The normalized spacial score (nSPS) is 19.2. The van der Waals surface area contributed by atoms with Crippen molar-refractivity contribution >= 4 is 35.0 Å². The maximum atomic E-state index is 12.2. The molecule has 21 heavy (non-hydrogen) atoms. The summed E-state index contributed by atoms with van der Waals surface area (Å²) < 4.78 is 0. The van der Waals surface area contributed by atoms with E-state index in [9.17, 15) is 9.59 Å². The molecule has 0 saturated carbocycles. The molecule has 6 heteroatoms. The molecule has 1 fully saturated rings. The van der Waals surface area contributed by atoms with Crippen LogP contribution in [0.25, 0.3) is 0 Å². The van der Waals surface area contributed by atoms with E-state index in [0.29, 0.717) is 22.9 Å². The highest BCUT2D eigenvalue weighted by atomic mass is 35.5. The monoisotopic (exact) mass is 328 g/mol. The van der Waals surface area contributed by atoms with E-state index in [1.54, 1.807) is 12.1 Å². The molecule has 1 saturated heterocycles. The van der Waals surface area contributed by atoms with E-state index in [1.165, 1.54) is 0 Å². The zero-order chi connectivity index (χ0) is 15.4. The minimum Gasteiger partial charge on any atom is -0.348 e. The van der Waals surface area contributed by atoms with E-state index in [0.717, 1.165) is 18.4 Å². The van der Waals surface area contributed by atoms with Gasteiger partial charge in [0.1, 0.15) is 6.04 Å². The lowest BCUT2D eigenvalue weighted by Gasteiger charge is -2.21. The molecule has 2 N–H and O–H groups in total. The van der Waals surface area contributed by atoms with Gasteiger partial charge in [-0.3, -0.25) is 9.59 Å². The fourth-order valence-corrected chi connectivity index (χ4v) is 2.73. The van der Waals surface area contributed by atoms with Crippen molar-refractivity contribution in [1.82, 2.24) is 10.6 Å². The Balaban J connectivity index is 2.09. The highest BCUT2D eigenvalue weighted by molar-refractivity contribution is 6.42. The van der Waals surface area contributed by atoms with Gasteiger partial charge in [0.15, 0.2) is 0 Å². The molecule has 0 bridgehead atoms. The van der Waals surface area contributed by atoms with Crippen molar-refractivity contribution in [2.75, 3.05) is 0 Å². The second kappa shape index (κ2) is 7.14. The number of rotatable bonds is 5. The van der Waals surface area contributed by atoms with Crippen LogP contribution in [0.3, 0.4) is 0 Å². The van der Waals surface area contributed by atoms with Gasteiger partial charge >= 0.3 is 0 Å². The average Bonchev–Trinajstić information content (AvgIpc) is 2.88. The van der Waals surface area contributed by atoms with Crippen LogP contribution in [0.1, 0.15) is 44.2 Å². The van der Waals surface area contributed by atoms with Crippen LogP contribution >= 0.6 is 23.2 Å². The highest BCUT2D eigenvalue weighted by Gasteiger charge is 2.28. The zero-order valence-corrected chi connectivity index (χ0v) is 13.3. The van der Waals surface area contributed by atoms with Crippen LogP contribution in [0.15, 0.2) is 18.2 Å². The molecule has 1 heterocycles. The van der Waals surface area contributed by atoms with Gasteiger partial charge in [0.2, 0.25) is 11.8 Å². The van der Waals surface area contributed by atoms with Crippen molar-refractivity contribution in [3.63, 3.8) is 0 Å². The van der Waals surface area contributed by atoms with Crippen molar-refractivity contribution in [3.8, 4) is 0 Å². The van der Waals surface area contributed by atoms with Gasteiger partial charge in [0.05, 0.1) is 16.1 Å². The molecule has 1 aromatic carbocycles. The predicted octanol–water partition coefficient (Wildman–Crippen LogP) is 3.23. The van der Waals surface area contributed by atoms with Crippen molar-refractivity contribution in [2.24, 2.45) is 0 Å². The summed E-state index contributed by atoms with van der Waals surface area (Å²) in [5.74, 6) is -0.220. The first-order chi connectivity index (χ1) is 10.0. The molecule has 0 aromatic heterocycles. The van der Waals surface area contributed by atoms with E-state index in [2.05, 4.69) is 10.6 Å². The van der Waals surface area contributed by atoms with E-state index in [1.807, 2.05) is 13.0 Å². The average molecular weight is 329 g/mol. The van der Waals surface area contributed by atoms with Crippen molar-refractivity contribution in [2.45, 2.75) is 44.7 Å². The third-order valence-electron chi connectivity index (χ3n) is 3.55. The van der Waals surface area contributed by atoms with Gasteiger partial charge in [0, 0.05) is 6.42 Å². The van der Waals surface area contributed by atoms with E-state index < -0.39 is 6.04 Å². The lowest BCUT2D eigenvalue weighted by molar-refractivity contribution is -0.126. The second-order valence-electron chi connectivity index (χ2n) is 5.18. The van der Waals surface area contributed by atoms with E-state index in [4.69, 9.17) is 23.2 Å². The molecule has 0 spiro atoms. The van der Waals surface area contributed by atoms with Crippen molar-refractivity contribution < 1.29 is 9.59 Å². The third-order valence-corrected chi connectivity index (χ3v) is 4.29. The van der Waals surface area contributed by atoms with Gasteiger partial charge in [-0.2, -0.15) is 0 Å². The van der Waals surface area contributed by atoms with E-state index >= 15 is 0 Å². The first-order valence-corrected chi connectivity index (χ1v) is 7.81. The summed E-state index contributed by atoms with van der Waals surface area (Å²) in [6.07, 6.45) is 2.67. The number of carbonyl (C=O) groups excluding carboxylic acids is 2. The summed E-state index contributed by atoms with van der Waals surface area (Å²) in [7, 11) is 0. The number of halogens is 2. The lowest BCUT2D eigenvalue weighted by atomic mass is 10.0. The summed E-state index contributed by atoms with van der Waals surface area (Å²) in [4.78, 5) is 23.4. The van der Waals surface area contributed by atoms with Crippen LogP contribution < -0.4 is 10.6 Å². The lowest BCUT2D eigenvalue weighted by Crippen LogP contribution is -2.43. The maximum Gasteiger partial charge on any atom is 0.243 e. The summed E-state index contributed by atoms with van der Waals surface area (Å²) >= 11 is 12.0. The Bertz CT molecular complexity index is 548. The first kappa shape index (κ1) is 16.1. The quantitative estimate of drug-likeness (QED) is 0.871. The number of hydrogen-bond acceptors (Lipinski definition) is 2. The van der Waals surface area contributed by atoms with Crippen molar-refractivity contribution in [3.05, 3.63) is 33.8 Å². The molecule has 0 radical (unpaired) electrons. The standard InChI is InChI=1S/C15H18Cl2N2O2/c1-2-3-12(9-4-5-10(16)11(17)8-9)19-15(21)13-6-7-14(20)18-13/h4-5,8,12-13H,2-3,6-7H2,1H3,(H,18,20)(H,19,21)/t12-,13+/m1/s1. The number of nitrogens with one attached hydrogen (secondary N) is 2. The molecule has 114 valence electrons.